The first-order valence-electron chi connectivity index (χ1n) is 5.65. The molecule has 0 spiro atoms. The van der Waals surface area contributed by atoms with E-state index in [0.29, 0.717) is 16.5 Å². The van der Waals surface area contributed by atoms with Gasteiger partial charge in [0.1, 0.15) is 5.75 Å². The van der Waals surface area contributed by atoms with Crippen molar-refractivity contribution in [3.63, 3.8) is 0 Å². The van der Waals surface area contributed by atoms with Crippen LogP contribution in [0.3, 0.4) is 0 Å². The van der Waals surface area contributed by atoms with Gasteiger partial charge in [-0.2, -0.15) is 0 Å². The van der Waals surface area contributed by atoms with E-state index in [1.54, 1.807) is 0 Å². The zero-order valence-corrected chi connectivity index (χ0v) is 12.5. The molecule has 0 fully saturated rings. The number of benzene rings is 1. The average Bonchev–Trinajstić information content (AvgIpc) is 2.38. The van der Waals surface area contributed by atoms with Gasteiger partial charge in [0.15, 0.2) is 6.61 Å². The maximum absolute atomic E-state index is 11.6. The molecule has 0 saturated carbocycles. The summed E-state index contributed by atoms with van der Waals surface area (Å²) in [5.74, 6) is -0.0636. The van der Waals surface area contributed by atoms with Crippen molar-refractivity contribution >= 4 is 40.7 Å². The maximum atomic E-state index is 11.6. The van der Waals surface area contributed by atoms with Crippen LogP contribution in [-0.4, -0.2) is 30.3 Å². The molecule has 1 rings (SSSR count). The van der Waals surface area contributed by atoms with Crippen LogP contribution in [0, 0.1) is 0 Å². The number of carbonyl (C=O) groups is 1. The first-order chi connectivity index (χ1) is 8.97. The topological polar surface area (TPSA) is 58.6 Å². The fraction of sp³-hybridized carbons (Fsp3) is 0.417. The van der Waals surface area contributed by atoms with Gasteiger partial charge in [-0.1, -0.05) is 41.7 Å². The molecule has 0 saturated heterocycles. The Morgan fingerprint density at radius 2 is 1.95 bits per heavy atom. The highest BCUT2D eigenvalue weighted by molar-refractivity contribution is 6.43. The van der Waals surface area contributed by atoms with Gasteiger partial charge in [0, 0.05) is 6.07 Å². The van der Waals surface area contributed by atoms with Crippen molar-refractivity contribution in [2.75, 3.05) is 13.2 Å². The summed E-state index contributed by atoms with van der Waals surface area (Å²) in [6.45, 7) is 1.53. The number of halogens is 3. The number of amides is 1. The summed E-state index contributed by atoms with van der Waals surface area (Å²) in [4.78, 5) is 11.6. The van der Waals surface area contributed by atoms with Gasteiger partial charge in [-0.25, -0.2) is 0 Å². The third kappa shape index (κ3) is 5.07. The van der Waals surface area contributed by atoms with Crippen LogP contribution in [0.4, 0.5) is 0 Å². The van der Waals surface area contributed by atoms with E-state index in [1.165, 1.54) is 12.1 Å². The van der Waals surface area contributed by atoms with Crippen LogP contribution in [0.25, 0.3) is 0 Å². The fourth-order valence-electron chi connectivity index (χ4n) is 1.30. The van der Waals surface area contributed by atoms with Crippen molar-refractivity contribution in [1.82, 2.24) is 5.32 Å². The van der Waals surface area contributed by atoms with E-state index >= 15 is 0 Å². The summed E-state index contributed by atoms with van der Waals surface area (Å²) in [7, 11) is 0. The lowest BCUT2D eigenvalue weighted by atomic mass is 10.2. The lowest BCUT2D eigenvalue weighted by Gasteiger charge is -2.14. The van der Waals surface area contributed by atoms with Crippen LogP contribution in [0.2, 0.25) is 15.1 Å². The molecule has 1 aromatic rings. The second-order valence-corrected chi connectivity index (χ2v) is 5.06. The van der Waals surface area contributed by atoms with Crippen LogP contribution < -0.4 is 10.1 Å². The van der Waals surface area contributed by atoms with Crippen LogP contribution in [0.15, 0.2) is 12.1 Å². The monoisotopic (exact) mass is 325 g/mol. The Balaban J connectivity index is 2.57. The predicted molar refractivity (Wildman–Crippen MR) is 76.3 cm³/mol. The molecule has 0 aromatic heterocycles. The normalized spacial score (nSPS) is 12.1. The van der Waals surface area contributed by atoms with Crippen molar-refractivity contribution in [3.8, 4) is 5.75 Å². The number of hydrogen-bond donors (Lipinski definition) is 2. The van der Waals surface area contributed by atoms with Crippen LogP contribution >= 0.6 is 34.8 Å². The van der Waals surface area contributed by atoms with Gasteiger partial charge in [0.05, 0.1) is 27.7 Å². The van der Waals surface area contributed by atoms with Crippen molar-refractivity contribution in [3.05, 3.63) is 27.2 Å². The number of rotatable bonds is 6. The minimum absolute atomic E-state index is 0.115. The lowest BCUT2D eigenvalue weighted by molar-refractivity contribution is -0.124. The second-order valence-electron chi connectivity index (χ2n) is 3.84. The van der Waals surface area contributed by atoms with Gasteiger partial charge < -0.3 is 15.2 Å². The molecular weight excluding hydrogens is 312 g/mol. The molecule has 0 heterocycles. The summed E-state index contributed by atoms with van der Waals surface area (Å²) in [6.07, 6.45) is 0.635. The van der Waals surface area contributed by atoms with Gasteiger partial charge in [-0.05, 0) is 12.5 Å². The highest BCUT2D eigenvalue weighted by Gasteiger charge is 2.12. The van der Waals surface area contributed by atoms with Crippen LogP contribution in [-0.2, 0) is 4.79 Å². The number of aliphatic hydroxyl groups excluding tert-OH is 1. The standard InChI is InChI=1S/C12H14Cl3NO3/c1-2-7(5-17)16-12(18)6-19-11-4-9(14)8(13)3-10(11)15/h3-4,7,17H,2,5-6H2,1H3,(H,16,18). The Labute approximate surface area is 126 Å². The molecular formula is C12H14Cl3NO3. The maximum Gasteiger partial charge on any atom is 0.258 e. The molecule has 1 aromatic carbocycles. The minimum Gasteiger partial charge on any atom is -0.482 e. The van der Waals surface area contributed by atoms with E-state index < -0.39 is 0 Å². The Bertz CT molecular complexity index is 450. The van der Waals surface area contributed by atoms with Gasteiger partial charge in [0.2, 0.25) is 0 Å². The lowest BCUT2D eigenvalue weighted by Crippen LogP contribution is -2.39. The molecule has 0 aliphatic carbocycles. The summed E-state index contributed by atoms with van der Waals surface area (Å²) >= 11 is 17.5. The Kier molecular flexibility index (Phi) is 6.72. The van der Waals surface area contributed by atoms with E-state index in [9.17, 15) is 4.79 Å². The molecule has 2 N–H and O–H groups in total. The zero-order chi connectivity index (χ0) is 14.4. The van der Waals surface area contributed by atoms with Gasteiger partial charge in [-0.3, -0.25) is 4.79 Å². The molecule has 1 unspecified atom stereocenters. The third-order valence-corrected chi connectivity index (χ3v) is 3.43. The van der Waals surface area contributed by atoms with Crippen LogP contribution in [0.5, 0.6) is 5.75 Å². The Hall–Kier alpha value is -0.680. The molecule has 0 radical (unpaired) electrons. The highest BCUT2D eigenvalue weighted by atomic mass is 35.5. The molecule has 19 heavy (non-hydrogen) atoms. The molecule has 1 atom stereocenters. The molecule has 1 amide bonds. The van der Waals surface area contributed by atoms with Crippen molar-refractivity contribution in [2.24, 2.45) is 0 Å². The molecule has 0 bridgehead atoms. The zero-order valence-electron chi connectivity index (χ0n) is 10.3. The first-order valence-corrected chi connectivity index (χ1v) is 6.78. The molecule has 106 valence electrons. The first kappa shape index (κ1) is 16.4. The number of aliphatic hydroxyl groups is 1. The van der Waals surface area contributed by atoms with E-state index in [1.807, 2.05) is 6.92 Å². The number of nitrogens with one attached hydrogen (secondary N) is 1. The van der Waals surface area contributed by atoms with Gasteiger partial charge in [-0.15, -0.1) is 0 Å². The quantitative estimate of drug-likeness (QED) is 0.790. The Morgan fingerprint density at radius 1 is 1.32 bits per heavy atom. The largest absolute Gasteiger partial charge is 0.482 e. The summed E-state index contributed by atoms with van der Waals surface area (Å²) in [6, 6.07) is 2.62. The fourth-order valence-corrected chi connectivity index (χ4v) is 1.90. The highest BCUT2D eigenvalue weighted by Crippen LogP contribution is 2.33. The van der Waals surface area contributed by atoms with Crippen molar-refractivity contribution in [2.45, 2.75) is 19.4 Å². The summed E-state index contributed by atoms with van der Waals surface area (Å²) in [5.41, 5.74) is 0. The predicted octanol–water partition coefficient (Wildman–Crippen LogP) is 2.91. The van der Waals surface area contributed by atoms with E-state index in [4.69, 9.17) is 44.6 Å². The van der Waals surface area contributed by atoms with Crippen molar-refractivity contribution < 1.29 is 14.6 Å². The SMILES string of the molecule is CCC(CO)NC(=O)COc1cc(Cl)c(Cl)cc1Cl. The van der Waals surface area contributed by atoms with Gasteiger partial charge >= 0.3 is 0 Å². The van der Waals surface area contributed by atoms with E-state index in [0.717, 1.165) is 0 Å². The molecule has 4 nitrogen and oxygen atoms in total. The van der Waals surface area contributed by atoms with Gasteiger partial charge in [0.25, 0.3) is 5.91 Å². The Morgan fingerprint density at radius 3 is 2.53 bits per heavy atom. The number of ether oxygens (including phenoxy) is 1. The second kappa shape index (κ2) is 7.80. The van der Waals surface area contributed by atoms with Crippen LogP contribution in [0.1, 0.15) is 13.3 Å². The summed E-state index contributed by atoms with van der Waals surface area (Å²) < 4.78 is 5.26. The molecule has 7 heteroatoms. The summed E-state index contributed by atoms with van der Waals surface area (Å²) in [5, 5.41) is 12.5. The number of carbonyl (C=O) groups excluding carboxylic acids is 1. The minimum atomic E-state index is -0.344. The van der Waals surface area contributed by atoms with E-state index in [-0.39, 0.29) is 35.9 Å². The molecule has 0 aliphatic rings. The number of hydrogen-bond acceptors (Lipinski definition) is 3. The average molecular weight is 327 g/mol. The molecule has 0 aliphatic heterocycles. The smallest absolute Gasteiger partial charge is 0.258 e. The van der Waals surface area contributed by atoms with Crippen molar-refractivity contribution in [1.29, 1.82) is 0 Å². The third-order valence-electron chi connectivity index (χ3n) is 2.41. The van der Waals surface area contributed by atoms with E-state index in [2.05, 4.69) is 5.32 Å².